The van der Waals surface area contributed by atoms with Crippen molar-refractivity contribution in [3.63, 3.8) is 0 Å². The Labute approximate surface area is 812 Å². The fourth-order valence-electron chi connectivity index (χ4n) is 23.7. The second-order valence-corrected chi connectivity index (χ2v) is 46.2. The van der Waals surface area contributed by atoms with E-state index in [-0.39, 0.29) is 37.9 Å². The van der Waals surface area contributed by atoms with Gasteiger partial charge in [0.25, 0.3) is 0 Å². The summed E-state index contributed by atoms with van der Waals surface area (Å²) in [7, 11) is 0. The summed E-state index contributed by atoms with van der Waals surface area (Å²) < 4.78 is 13.3. The van der Waals surface area contributed by atoms with Gasteiger partial charge in [0.1, 0.15) is 0 Å². The third kappa shape index (κ3) is 12.5. The van der Waals surface area contributed by atoms with Crippen LogP contribution < -0.4 is 9.80 Å². The predicted molar refractivity (Wildman–Crippen MR) is 592 cm³/mol. The lowest BCUT2D eigenvalue weighted by Crippen LogP contribution is -2.43. The number of rotatable bonds is 8. The maximum atomic E-state index is 2.49. The number of hydrogen-bond donors (Lipinski definition) is 0. The molecule has 660 valence electrons. The highest BCUT2D eigenvalue weighted by Gasteiger charge is 2.51. The molecule has 0 amide bonds. The highest BCUT2D eigenvalue weighted by molar-refractivity contribution is 7.27. The highest BCUT2D eigenvalue weighted by Crippen LogP contribution is 2.63. The molecule has 0 N–H and O–H groups in total. The topological polar surface area (TPSA) is 11.4 Å². The van der Waals surface area contributed by atoms with Crippen LogP contribution in [0.5, 0.6) is 0 Å². The average molecular weight is 1830 g/mol. The van der Waals surface area contributed by atoms with Gasteiger partial charge in [0.05, 0.1) is 11.0 Å². The molecule has 0 saturated heterocycles. The molecule has 0 radical (unpaired) electrons. The van der Waals surface area contributed by atoms with Crippen LogP contribution in [0.25, 0.3) is 164 Å². The first kappa shape index (κ1) is 84.0. The molecule has 7 heteroatoms. The van der Waals surface area contributed by atoms with Gasteiger partial charge in [-0.15, -0.1) is 45.3 Å². The molecule has 4 aliphatic carbocycles. The zero-order chi connectivity index (χ0) is 92.6. The van der Waals surface area contributed by atoms with Gasteiger partial charge in [-0.05, 0) is 285 Å². The minimum absolute atomic E-state index is 0.0469. The minimum atomic E-state index is -0.0976. The maximum Gasteiger partial charge on any atom is 0.0541 e. The Bertz CT molecular complexity index is 8840. The second-order valence-electron chi connectivity index (χ2n) is 41.9. The Hall–Kier alpha value is -13.8. The highest BCUT2D eigenvalue weighted by atomic mass is 32.1. The van der Waals surface area contributed by atoms with Crippen LogP contribution in [0.1, 0.15) is 141 Å². The second kappa shape index (κ2) is 30.6. The molecule has 0 spiro atoms. The third-order valence-corrected chi connectivity index (χ3v) is 37.8. The van der Waals surface area contributed by atoms with E-state index >= 15 is 0 Å². The third-order valence-electron chi connectivity index (χ3n) is 33.2. The summed E-state index contributed by atoms with van der Waals surface area (Å²) >= 11 is 7.65. The van der Waals surface area contributed by atoms with Crippen LogP contribution in [0, 0.1) is 0 Å². The van der Waals surface area contributed by atoms with Gasteiger partial charge in [0.2, 0.25) is 0 Å². The molecule has 0 aliphatic heterocycles. The predicted octanol–water partition coefficient (Wildman–Crippen LogP) is 38.2. The van der Waals surface area contributed by atoms with Crippen molar-refractivity contribution in [2.24, 2.45) is 0 Å². The molecular formula is C129H105N3S4. The van der Waals surface area contributed by atoms with E-state index in [0.717, 1.165) is 5.69 Å². The van der Waals surface area contributed by atoms with Gasteiger partial charge in [-0.3, -0.25) is 0 Å². The molecule has 0 atom stereocenters. The van der Waals surface area contributed by atoms with Gasteiger partial charge < -0.3 is 14.4 Å². The summed E-state index contributed by atoms with van der Waals surface area (Å²) in [5, 5.41) is 13.4. The number of benzene rings is 18. The molecule has 23 aromatic rings. The van der Waals surface area contributed by atoms with Crippen LogP contribution in [0.4, 0.5) is 34.1 Å². The van der Waals surface area contributed by atoms with Crippen LogP contribution in [-0.4, -0.2) is 4.57 Å². The largest absolute Gasteiger partial charge is 0.310 e. The molecule has 4 aliphatic rings. The fraction of sp³-hybridized carbons (Fsp3) is 0.163. The zero-order valence-corrected chi connectivity index (χ0v) is 82.6. The van der Waals surface area contributed by atoms with Crippen LogP contribution in [0.2, 0.25) is 0 Å². The van der Waals surface area contributed by atoms with E-state index in [1.54, 1.807) is 0 Å². The van der Waals surface area contributed by atoms with Crippen molar-refractivity contribution in [1.82, 2.24) is 4.57 Å². The molecule has 5 heterocycles. The SMILES string of the molecule is CC1(C)c2cc(-c3ccc(-n4c5ccccc5c5ccccc54)cc3)ccc2-c2ccc3c(sc4ccccc43)c2C1(C)C.CC1(C)c2cc(N(c3ccccc3)c3ccc4sc5ccccc5c4c3)ccc2-c2cc3c(cc2C1(C)C)sc1ccccc13.CC1(C)c2ccccc2-c2ccc(N(c3ccccc3)c3ccc4c(c3)C(C)(C)C(C)(C)c3cc5sc6ccccc6c5cc3-4)cc21. The first-order valence-electron chi connectivity index (χ1n) is 48.0. The van der Waals surface area contributed by atoms with Crippen molar-refractivity contribution in [2.75, 3.05) is 9.80 Å². The smallest absolute Gasteiger partial charge is 0.0541 e. The number of aromatic nitrogens is 1. The quantitative estimate of drug-likeness (QED) is 0.150. The summed E-state index contributed by atoms with van der Waals surface area (Å²) in [6.45, 7) is 34.0. The lowest BCUT2D eigenvalue weighted by atomic mass is 9.55. The maximum absolute atomic E-state index is 2.49. The molecule has 0 bridgehead atoms. The summed E-state index contributed by atoms with van der Waals surface area (Å²) in [6.07, 6.45) is 0. The van der Waals surface area contributed by atoms with Gasteiger partial charge in [-0.2, -0.15) is 0 Å². The fourth-order valence-corrected chi connectivity index (χ4v) is 28.5. The molecule has 18 aromatic carbocycles. The van der Waals surface area contributed by atoms with E-state index < -0.39 is 0 Å². The standard InChI is InChI=1S/C45H39NS.C42H33NS2.C42H33NS/c1-43(2)37-18-12-10-16-31(37)32-22-20-29(24-38(32)43)46(28-14-8-7-9-15-28)30-21-23-33-35-26-36-34-17-11-13-19-41(34)47-42(36)27-40(35)45(5,6)44(3,4)39(33)25-30;1-41(2)35-23-28(18-20-29(35)32-24-34-31-15-9-11-17-38(31)45-40(34)25-36(32)42(41,3)4)43(26-12-6-5-7-13-26)27-19-21-39-33(22-27)30-14-8-10-16-37(30)44-39;1-41(2)35-25-27(26-17-20-28(21-18-26)43-36-14-8-5-11-30(36)31-12-6-9-15-37(31)43)19-22-29(35)33-23-24-34-32-13-7-10-16-38(32)44-40(34)39(33)42(41,3)4/h7-27H,1-6H3;5-25H,1-4H3;5-25H,1-4H3. The molecule has 5 aromatic heterocycles. The molecular weight excluding hydrogens is 1720 g/mol. The summed E-state index contributed by atoms with van der Waals surface area (Å²) in [5.41, 5.74) is 35.1. The molecule has 136 heavy (non-hydrogen) atoms. The van der Waals surface area contributed by atoms with Crippen molar-refractivity contribution in [2.45, 2.75) is 135 Å². The number of fused-ring (bicyclic) bond motifs is 28. The van der Waals surface area contributed by atoms with Gasteiger partial charge >= 0.3 is 0 Å². The Balaban J connectivity index is 0.000000109. The van der Waals surface area contributed by atoms with Crippen LogP contribution in [-0.2, 0) is 37.9 Å². The first-order chi connectivity index (χ1) is 65.7. The van der Waals surface area contributed by atoms with E-state index in [2.05, 4.69) is 493 Å². The number of nitrogens with zero attached hydrogens (tertiary/aromatic N) is 3. The zero-order valence-electron chi connectivity index (χ0n) is 79.3. The Morgan fingerprint density at radius 2 is 0.529 bits per heavy atom. The minimum Gasteiger partial charge on any atom is -0.310 e. The first-order valence-corrected chi connectivity index (χ1v) is 51.3. The van der Waals surface area contributed by atoms with Gasteiger partial charge in [0.15, 0.2) is 0 Å². The van der Waals surface area contributed by atoms with Gasteiger partial charge in [0, 0.05) is 142 Å². The molecule has 0 unspecified atom stereocenters. The van der Waals surface area contributed by atoms with E-state index in [4.69, 9.17) is 0 Å². The molecule has 0 fully saturated rings. The number of anilines is 6. The van der Waals surface area contributed by atoms with Crippen LogP contribution >= 0.6 is 45.3 Å². The number of hydrogen-bond acceptors (Lipinski definition) is 6. The average Bonchev–Trinajstić information content (AvgIpc) is 1.12. The van der Waals surface area contributed by atoms with E-state index in [1.807, 2.05) is 45.3 Å². The number of thiophene rings is 4. The summed E-state index contributed by atoms with van der Waals surface area (Å²) in [6, 6.07) is 143. The van der Waals surface area contributed by atoms with Crippen molar-refractivity contribution in [1.29, 1.82) is 0 Å². The van der Waals surface area contributed by atoms with E-state index in [0.29, 0.717) is 0 Å². The molecule has 0 saturated carbocycles. The summed E-state index contributed by atoms with van der Waals surface area (Å²) in [5.74, 6) is 0. The molecule has 3 nitrogen and oxygen atoms in total. The van der Waals surface area contributed by atoms with Crippen molar-refractivity contribution in [3.05, 3.63) is 427 Å². The summed E-state index contributed by atoms with van der Waals surface area (Å²) in [4.78, 5) is 4.88. The van der Waals surface area contributed by atoms with Crippen LogP contribution in [0.3, 0.4) is 0 Å². The number of para-hydroxylation sites is 4. The molecule has 27 rings (SSSR count). The van der Waals surface area contributed by atoms with E-state index in [1.165, 1.54) is 237 Å². The lowest BCUT2D eigenvalue weighted by molar-refractivity contribution is 0.299. The lowest BCUT2D eigenvalue weighted by Gasteiger charge is -2.48. The Morgan fingerprint density at radius 1 is 0.191 bits per heavy atom. The monoisotopic (exact) mass is 1820 g/mol. The Morgan fingerprint density at radius 3 is 1.04 bits per heavy atom. The van der Waals surface area contributed by atoms with Crippen LogP contribution in [0.15, 0.2) is 382 Å². The Kier molecular flexibility index (Phi) is 18.9. The van der Waals surface area contributed by atoms with E-state index in [9.17, 15) is 0 Å². The van der Waals surface area contributed by atoms with Crippen molar-refractivity contribution >= 4 is 182 Å². The van der Waals surface area contributed by atoms with Crippen molar-refractivity contribution in [3.8, 4) is 61.3 Å². The normalized spacial score (nSPS) is 15.5. The van der Waals surface area contributed by atoms with Gasteiger partial charge in [-0.1, -0.05) is 321 Å². The van der Waals surface area contributed by atoms with Gasteiger partial charge in [-0.25, -0.2) is 0 Å². The van der Waals surface area contributed by atoms with Crippen molar-refractivity contribution < 1.29 is 0 Å².